The first-order chi connectivity index (χ1) is 16.7. The van der Waals surface area contributed by atoms with Gasteiger partial charge in [0.15, 0.2) is 11.5 Å². The van der Waals surface area contributed by atoms with E-state index in [2.05, 4.69) is 4.98 Å². The van der Waals surface area contributed by atoms with E-state index in [1.807, 2.05) is 78.9 Å². The molecule has 6 nitrogen and oxygen atoms in total. The number of fused-ring (bicyclic) bond motifs is 1. The van der Waals surface area contributed by atoms with E-state index in [0.717, 1.165) is 11.1 Å². The van der Waals surface area contributed by atoms with Crippen LogP contribution in [0.5, 0.6) is 23.0 Å². The molecule has 0 N–H and O–H groups in total. The van der Waals surface area contributed by atoms with E-state index in [-0.39, 0.29) is 11.8 Å². The molecule has 0 fully saturated rings. The van der Waals surface area contributed by atoms with Crippen LogP contribution in [0.1, 0.15) is 27.4 Å². The minimum Gasteiger partial charge on any atom is -0.493 e. The number of benzene rings is 3. The Hall–Kier alpha value is -4.32. The maximum absolute atomic E-state index is 13.8. The summed E-state index contributed by atoms with van der Waals surface area (Å²) in [5, 5.41) is 0. The van der Waals surface area contributed by atoms with E-state index in [1.54, 1.807) is 31.4 Å². The average molecular weight is 453 g/mol. The van der Waals surface area contributed by atoms with Crippen LogP contribution in [-0.4, -0.2) is 31.7 Å². The van der Waals surface area contributed by atoms with Crippen molar-refractivity contribution in [2.75, 3.05) is 25.7 Å². The van der Waals surface area contributed by atoms with Crippen molar-refractivity contribution in [2.24, 2.45) is 0 Å². The predicted octanol–water partition coefficient (Wildman–Crippen LogP) is 5.68. The minimum atomic E-state index is -0.158. The zero-order valence-electron chi connectivity index (χ0n) is 19.0. The summed E-state index contributed by atoms with van der Waals surface area (Å²) in [5.41, 5.74) is 2.50. The van der Waals surface area contributed by atoms with Gasteiger partial charge in [-0.15, -0.1) is 0 Å². The molecule has 0 saturated carbocycles. The minimum absolute atomic E-state index is 0.0466. The topological polar surface area (TPSA) is 60.9 Å². The number of carbonyl (C=O) groups excluding carboxylic acids is 1. The summed E-state index contributed by atoms with van der Waals surface area (Å²) in [6.07, 6.45) is 1.71. The molecule has 0 spiro atoms. The number of hydrogen-bond donors (Lipinski definition) is 0. The highest BCUT2D eigenvalue weighted by molar-refractivity contribution is 6.08. The number of hydrogen-bond acceptors (Lipinski definition) is 5. The van der Waals surface area contributed by atoms with Gasteiger partial charge in [-0.1, -0.05) is 42.5 Å². The zero-order valence-corrected chi connectivity index (χ0v) is 19.0. The van der Waals surface area contributed by atoms with Crippen LogP contribution < -0.4 is 19.1 Å². The number of pyridine rings is 1. The van der Waals surface area contributed by atoms with Crippen molar-refractivity contribution in [3.05, 3.63) is 108 Å². The summed E-state index contributed by atoms with van der Waals surface area (Å²) in [4.78, 5) is 20.1. The van der Waals surface area contributed by atoms with Crippen LogP contribution >= 0.6 is 0 Å². The van der Waals surface area contributed by atoms with Gasteiger partial charge in [-0.05, 0) is 48.0 Å². The lowest BCUT2D eigenvalue weighted by Gasteiger charge is -2.19. The number of methoxy groups -OCH3 is 2. The third-order valence-corrected chi connectivity index (χ3v) is 5.96. The van der Waals surface area contributed by atoms with Crippen molar-refractivity contribution in [2.45, 2.75) is 5.92 Å². The molecule has 0 radical (unpaired) electrons. The van der Waals surface area contributed by atoms with Crippen LogP contribution in [0.15, 0.2) is 91.1 Å². The smallest absolute Gasteiger partial charge is 0.263 e. The number of ether oxygens (including phenoxy) is 3. The monoisotopic (exact) mass is 452 g/mol. The number of amides is 1. The fourth-order valence-electron chi connectivity index (χ4n) is 4.30. The Labute approximate surface area is 198 Å². The van der Waals surface area contributed by atoms with E-state index in [4.69, 9.17) is 14.2 Å². The number of rotatable bonds is 6. The maximum atomic E-state index is 13.8. The molecule has 0 aliphatic carbocycles. The molecule has 5 rings (SSSR count). The number of carbonyl (C=O) groups is 1. The van der Waals surface area contributed by atoms with Gasteiger partial charge in [-0.25, -0.2) is 4.98 Å². The van der Waals surface area contributed by atoms with Gasteiger partial charge in [0.1, 0.15) is 17.3 Å². The molecular formula is C28H24N2O4. The average Bonchev–Trinajstić information content (AvgIpc) is 3.28. The van der Waals surface area contributed by atoms with Crippen LogP contribution in [0, 0.1) is 0 Å². The number of para-hydroxylation sites is 2. The van der Waals surface area contributed by atoms with Gasteiger partial charge >= 0.3 is 0 Å². The van der Waals surface area contributed by atoms with Gasteiger partial charge in [0.2, 0.25) is 0 Å². The highest BCUT2D eigenvalue weighted by atomic mass is 16.5. The molecule has 34 heavy (non-hydrogen) atoms. The Morgan fingerprint density at radius 1 is 0.853 bits per heavy atom. The fraction of sp³-hybridized carbons (Fsp3) is 0.143. The summed E-state index contributed by atoms with van der Waals surface area (Å²) >= 11 is 0. The molecule has 6 heteroatoms. The van der Waals surface area contributed by atoms with E-state index in [1.165, 1.54) is 0 Å². The molecular weight excluding hydrogens is 428 g/mol. The SMILES string of the molecule is COc1ccc(C2CN(C(=O)c3ccccc3Oc3ccccc3)c3ncccc32)cc1OC. The van der Waals surface area contributed by atoms with Crippen LogP contribution in [0.4, 0.5) is 5.82 Å². The molecule has 1 aliphatic heterocycles. The molecule has 1 unspecified atom stereocenters. The van der Waals surface area contributed by atoms with E-state index in [9.17, 15) is 4.79 Å². The molecule has 1 aromatic heterocycles. The molecule has 1 atom stereocenters. The lowest BCUT2D eigenvalue weighted by atomic mass is 9.94. The van der Waals surface area contributed by atoms with Gasteiger partial charge in [-0.3, -0.25) is 9.69 Å². The van der Waals surface area contributed by atoms with Gasteiger partial charge in [-0.2, -0.15) is 0 Å². The first-order valence-electron chi connectivity index (χ1n) is 11.0. The summed E-state index contributed by atoms with van der Waals surface area (Å²) in [7, 11) is 3.23. The highest BCUT2D eigenvalue weighted by Gasteiger charge is 2.36. The maximum Gasteiger partial charge on any atom is 0.263 e. The van der Waals surface area contributed by atoms with Crippen molar-refractivity contribution < 1.29 is 19.0 Å². The standard InChI is InChI=1S/C28H24N2O4/c1-32-25-15-14-19(17-26(25)33-2)23-18-30(27-21(23)12-8-16-29-27)28(31)22-11-6-7-13-24(22)34-20-9-4-3-5-10-20/h3-17,23H,18H2,1-2H3. The first kappa shape index (κ1) is 21.5. The largest absolute Gasteiger partial charge is 0.493 e. The first-order valence-corrected chi connectivity index (χ1v) is 11.0. The molecule has 170 valence electrons. The fourth-order valence-corrected chi connectivity index (χ4v) is 4.30. The molecule has 0 saturated heterocycles. The second-order valence-electron chi connectivity index (χ2n) is 7.91. The quantitative estimate of drug-likeness (QED) is 0.376. The van der Waals surface area contributed by atoms with Gasteiger partial charge in [0.25, 0.3) is 5.91 Å². The third kappa shape index (κ3) is 3.94. The Kier molecular flexibility index (Phi) is 5.87. The summed E-state index contributed by atoms with van der Waals surface area (Å²) in [5.74, 6) is 2.94. The third-order valence-electron chi connectivity index (χ3n) is 5.96. The van der Waals surface area contributed by atoms with Crippen LogP contribution in [-0.2, 0) is 0 Å². The van der Waals surface area contributed by atoms with E-state index >= 15 is 0 Å². The molecule has 2 heterocycles. The van der Waals surface area contributed by atoms with E-state index in [0.29, 0.717) is 40.9 Å². The molecule has 1 aliphatic rings. The van der Waals surface area contributed by atoms with Crippen LogP contribution in [0.25, 0.3) is 0 Å². The molecule has 1 amide bonds. The Morgan fingerprint density at radius 2 is 1.62 bits per heavy atom. The lowest BCUT2D eigenvalue weighted by Crippen LogP contribution is -2.30. The van der Waals surface area contributed by atoms with Crippen molar-refractivity contribution in [1.29, 1.82) is 0 Å². The van der Waals surface area contributed by atoms with Crippen molar-refractivity contribution in [1.82, 2.24) is 4.98 Å². The van der Waals surface area contributed by atoms with Crippen molar-refractivity contribution in [3.8, 4) is 23.0 Å². The number of nitrogens with zero attached hydrogens (tertiary/aromatic N) is 2. The second kappa shape index (κ2) is 9.27. The predicted molar refractivity (Wildman–Crippen MR) is 130 cm³/mol. The normalized spacial score (nSPS) is 14.4. The zero-order chi connectivity index (χ0) is 23.5. The number of anilines is 1. The van der Waals surface area contributed by atoms with Gasteiger partial charge in [0, 0.05) is 24.2 Å². The van der Waals surface area contributed by atoms with Gasteiger partial charge < -0.3 is 14.2 Å². The van der Waals surface area contributed by atoms with Crippen LogP contribution in [0.2, 0.25) is 0 Å². The summed E-state index contributed by atoms with van der Waals surface area (Å²) in [6, 6.07) is 26.5. The van der Waals surface area contributed by atoms with Crippen LogP contribution in [0.3, 0.4) is 0 Å². The van der Waals surface area contributed by atoms with Gasteiger partial charge in [0.05, 0.1) is 19.8 Å². The van der Waals surface area contributed by atoms with Crippen molar-refractivity contribution >= 4 is 11.7 Å². The van der Waals surface area contributed by atoms with E-state index < -0.39 is 0 Å². The number of aromatic nitrogens is 1. The Balaban J connectivity index is 1.50. The second-order valence-corrected chi connectivity index (χ2v) is 7.91. The lowest BCUT2D eigenvalue weighted by molar-refractivity contribution is 0.0986. The highest BCUT2D eigenvalue weighted by Crippen LogP contribution is 2.42. The Morgan fingerprint density at radius 3 is 2.41 bits per heavy atom. The summed E-state index contributed by atoms with van der Waals surface area (Å²) in [6.45, 7) is 0.459. The molecule has 4 aromatic rings. The molecule has 3 aromatic carbocycles. The van der Waals surface area contributed by atoms with Crippen molar-refractivity contribution in [3.63, 3.8) is 0 Å². The Bertz CT molecular complexity index is 1320. The summed E-state index contributed by atoms with van der Waals surface area (Å²) < 4.78 is 16.9. The molecule has 0 bridgehead atoms.